The SMILES string of the molecule is COC(OC)C(C)NC1CCOC1. The summed E-state index contributed by atoms with van der Waals surface area (Å²) in [5, 5.41) is 3.41. The summed E-state index contributed by atoms with van der Waals surface area (Å²) < 4.78 is 15.6. The van der Waals surface area contributed by atoms with E-state index in [1.807, 2.05) is 0 Å². The average Bonchev–Trinajstić information content (AvgIpc) is 2.59. The van der Waals surface area contributed by atoms with Gasteiger partial charge in [-0.1, -0.05) is 0 Å². The molecule has 1 N–H and O–H groups in total. The highest BCUT2D eigenvalue weighted by molar-refractivity contribution is 4.76. The number of ether oxygens (including phenoxy) is 3. The fourth-order valence-corrected chi connectivity index (χ4v) is 1.62. The lowest BCUT2D eigenvalue weighted by atomic mass is 10.2. The van der Waals surface area contributed by atoms with Crippen LogP contribution in [0, 0.1) is 0 Å². The molecule has 13 heavy (non-hydrogen) atoms. The number of methoxy groups -OCH3 is 2. The first kappa shape index (κ1) is 10.9. The molecular weight excluding hydrogens is 170 g/mol. The summed E-state index contributed by atoms with van der Waals surface area (Å²) in [5.41, 5.74) is 0. The minimum absolute atomic E-state index is 0.180. The summed E-state index contributed by atoms with van der Waals surface area (Å²) in [6.07, 6.45) is 0.894. The van der Waals surface area contributed by atoms with Crippen molar-refractivity contribution >= 4 is 0 Å². The van der Waals surface area contributed by atoms with Crippen LogP contribution in [0.5, 0.6) is 0 Å². The molecule has 0 aromatic carbocycles. The van der Waals surface area contributed by atoms with Crippen molar-refractivity contribution in [3.8, 4) is 0 Å². The van der Waals surface area contributed by atoms with Gasteiger partial charge in [0.2, 0.25) is 0 Å². The van der Waals surface area contributed by atoms with Crippen LogP contribution in [0.1, 0.15) is 13.3 Å². The molecule has 0 aromatic rings. The monoisotopic (exact) mass is 189 g/mol. The third-order valence-corrected chi connectivity index (χ3v) is 2.30. The highest BCUT2D eigenvalue weighted by atomic mass is 16.7. The molecule has 1 heterocycles. The van der Waals surface area contributed by atoms with Gasteiger partial charge < -0.3 is 19.5 Å². The van der Waals surface area contributed by atoms with Crippen LogP contribution >= 0.6 is 0 Å². The summed E-state index contributed by atoms with van der Waals surface area (Å²) in [6, 6.07) is 0.643. The van der Waals surface area contributed by atoms with Crippen LogP contribution in [-0.2, 0) is 14.2 Å². The molecular formula is C9H19NO3. The van der Waals surface area contributed by atoms with E-state index >= 15 is 0 Å². The second-order valence-corrected chi connectivity index (χ2v) is 3.36. The first-order valence-corrected chi connectivity index (χ1v) is 4.67. The Hall–Kier alpha value is -0.160. The molecule has 0 amide bonds. The Morgan fingerprint density at radius 1 is 1.38 bits per heavy atom. The third kappa shape index (κ3) is 3.23. The van der Waals surface area contributed by atoms with E-state index in [0.717, 1.165) is 19.6 Å². The van der Waals surface area contributed by atoms with Crippen molar-refractivity contribution in [1.29, 1.82) is 0 Å². The van der Waals surface area contributed by atoms with Gasteiger partial charge in [-0.05, 0) is 13.3 Å². The first-order valence-electron chi connectivity index (χ1n) is 4.67. The van der Waals surface area contributed by atoms with Crippen LogP contribution in [0.15, 0.2) is 0 Å². The van der Waals surface area contributed by atoms with Gasteiger partial charge in [-0.15, -0.1) is 0 Å². The topological polar surface area (TPSA) is 39.7 Å². The highest BCUT2D eigenvalue weighted by Gasteiger charge is 2.22. The molecule has 4 nitrogen and oxygen atoms in total. The molecule has 78 valence electrons. The standard InChI is InChI=1S/C9H19NO3/c1-7(9(11-2)12-3)10-8-4-5-13-6-8/h7-10H,4-6H2,1-3H3. The van der Waals surface area contributed by atoms with Gasteiger partial charge in [0.1, 0.15) is 0 Å². The van der Waals surface area contributed by atoms with Crippen LogP contribution in [0.4, 0.5) is 0 Å². The van der Waals surface area contributed by atoms with Crippen molar-refractivity contribution in [3.05, 3.63) is 0 Å². The van der Waals surface area contributed by atoms with Crippen LogP contribution < -0.4 is 5.32 Å². The summed E-state index contributed by atoms with van der Waals surface area (Å²) in [6.45, 7) is 3.70. The van der Waals surface area contributed by atoms with E-state index in [9.17, 15) is 0 Å². The smallest absolute Gasteiger partial charge is 0.171 e. The van der Waals surface area contributed by atoms with Gasteiger partial charge in [0.15, 0.2) is 6.29 Å². The molecule has 1 rings (SSSR count). The van der Waals surface area contributed by atoms with Crippen LogP contribution in [0.25, 0.3) is 0 Å². The zero-order valence-corrected chi connectivity index (χ0v) is 8.58. The normalized spacial score (nSPS) is 25.4. The predicted octanol–water partition coefficient (Wildman–Crippen LogP) is 0.372. The zero-order valence-electron chi connectivity index (χ0n) is 8.58. The summed E-state index contributed by atoms with van der Waals surface area (Å²) in [7, 11) is 3.30. The van der Waals surface area contributed by atoms with Crippen molar-refractivity contribution in [3.63, 3.8) is 0 Å². The zero-order chi connectivity index (χ0) is 9.68. The molecule has 0 aromatic heterocycles. The van der Waals surface area contributed by atoms with Crippen molar-refractivity contribution < 1.29 is 14.2 Å². The van der Waals surface area contributed by atoms with Crippen molar-refractivity contribution in [2.24, 2.45) is 0 Å². The molecule has 0 aliphatic carbocycles. The van der Waals surface area contributed by atoms with Crippen molar-refractivity contribution in [1.82, 2.24) is 5.32 Å². The van der Waals surface area contributed by atoms with E-state index in [2.05, 4.69) is 12.2 Å². The largest absolute Gasteiger partial charge is 0.380 e. The third-order valence-electron chi connectivity index (χ3n) is 2.30. The molecule has 2 unspecified atom stereocenters. The fourth-order valence-electron chi connectivity index (χ4n) is 1.62. The molecule has 1 saturated heterocycles. The number of hydrogen-bond donors (Lipinski definition) is 1. The maximum Gasteiger partial charge on any atom is 0.171 e. The Balaban J connectivity index is 2.25. The predicted molar refractivity (Wildman–Crippen MR) is 49.6 cm³/mol. The Labute approximate surface area is 79.5 Å². The lowest BCUT2D eigenvalue weighted by Crippen LogP contribution is -2.45. The van der Waals surface area contributed by atoms with Gasteiger partial charge in [-0.25, -0.2) is 0 Å². The molecule has 0 saturated carbocycles. The van der Waals surface area contributed by atoms with Gasteiger partial charge >= 0.3 is 0 Å². The highest BCUT2D eigenvalue weighted by Crippen LogP contribution is 2.07. The van der Waals surface area contributed by atoms with E-state index in [1.54, 1.807) is 14.2 Å². The van der Waals surface area contributed by atoms with Gasteiger partial charge in [0.25, 0.3) is 0 Å². The van der Waals surface area contributed by atoms with Gasteiger partial charge in [0, 0.05) is 26.9 Å². The first-order chi connectivity index (χ1) is 6.27. The van der Waals surface area contributed by atoms with E-state index in [4.69, 9.17) is 14.2 Å². The molecule has 2 atom stereocenters. The Kier molecular flexibility index (Phi) is 4.66. The average molecular weight is 189 g/mol. The lowest BCUT2D eigenvalue weighted by Gasteiger charge is -2.24. The van der Waals surface area contributed by atoms with E-state index < -0.39 is 0 Å². The summed E-state index contributed by atoms with van der Waals surface area (Å²) in [4.78, 5) is 0. The Morgan fingerprint density at radius 3 is 2.54 bits per heavy atom. The van der Waals surface area contributed by atoms with E-state index in [0.29, 0.717) is 6.04 Å². The maximum atomic E-state index is 5.26. The Bertz CT molecular complexity index is 133. The number of rotatable bonds is 5. The second kappa shape index (κ2) is 5.54. The van der Waals surface area contributed by atoms with Crippen LogP contribution in [0.3, 0.4) is 0 Å². The molecule has 0 spiro atoms. The maximum absolute atomic E-state index is 5.26. The lowest BCUT2D eigenvalue weighted by molar-refractivity contribution is -0.120. The van der Waals surface area contributed by atoms with Crippen molar-refractivity contribution in [2.75, 3.05) is 27.4 Å². The Morgan fingerprint density at radius 2 is 2.08 bits per heavy atom. The minimum atomic E-state index is -0.180. The summed E-state index contributed by atoms with van der Waals surface area (Å²) in [5.74, 6) is 0. The molecule has 1 aliphatic rings. The molecule has 4 heteroatoms. The quantitative estimate of drug-likeness (QED) is 0.634. The molecule has 1 aliphatic heterocycles. The minimum Gasteiger partial charge on any atom is -0.380 e. The van der Waals surface area contributed by atoms with Gasteiger partial charge in [-0.2, -0.15) is 0 Å². The van der Waals surface area contributed by atoms with Gasteiger partial charge in [0.05, 0.1) is 12.6 Å². The van der Waals surface area contributed by atoms with Crippen molar-refractivity contribution in [2.45, 2.75) is 31.7 Å². The van der Waals surface area contributed by atoms with E-state index in [-0.39, 0.29) is 12.3 Å². The number of hydrogen-bond acceptors (Lipinski definition) is 4. The fraction of sp³-hybridized carbons (Fsp3) is 1.00. The molecule has 1 fully saturated rings. The second-order valence-electron chi connectivity index (χ2n) is 3.36. The molecule has 0 radical (unpaired) electrons. The van der Waals surface area contributed by atoms with Crippen LogP contribution in [-0.4, -0.2) is 45.8 Å². The molecule has 0 bridgehead atoms. The number of nitrogens with one attached hydrogen (secondary N) is 1. The summed E-state index contributed by atoms with van der Waals surface area (Å²) >= 11 is 0. The van der Waals surface area contributed by atoms with E-state index in [1.165, 1.54) is 0 Å². The van der Waals surface area contributed by atoms with Gasteiger partial charge in [-0.3, -0.25) is 0 Å². The van der Waals surface area contributed by atoms with Crippen LogP contribution in [0.2, 0.25) is 0 Å².